The lowest BCUT2D eigenvalue weighted by Crippen LogP contribution is -2.23. The first kappa shape index (κ1) is 14.8. The fourth-order valence-corrected chi connectivity index (χ4v) is 3.66. The van der Waals surface area contributed by atoms with Crippen LogP contribution in [0.4, 0.5) is 13.2 Å². The molecule has 1 saturated carbocycles. The number of hydrogen-bond acceptors (Lipinski definition) is 1. The summed E-state index contributed by atoms with van der Waals surface area (Å²) in [5.74, 6) is 0.492. The molecule has 1 fully saturated rings. The maximum absolute atomic E-state index is 12.9. The van der Waals surface area contributed by atoms with Gasteiger partial charge in [0.1, 0.15) is 0 Å². The molecule has 1 nitrogen and oxygen atoms in total. The molecule has 0 saturated heterocycles. The monoisotopic (exact) mass is 317 g/mol. The Morgan fingerprint density at radius 2 is 1.78 bits per heavy atom. The first-order valence-corrected chi connectivity index (χ1v) is 8.03. The molecular weight excluding hydrogens is 299 g/mol. The van der Waals surface area contributed by atoms with Crippen molar-refractivity contribution in [2.45, 2.75) is 43.4 Å². The summed E-state index contributed by atoms with van der Waals surface area (Å²) < 4.78 is 38.8. The average Bonchev–Trinajstić information content (AvgIpc) is 3.19. The van der Waals surface area contributed by atoms with Crippen LogP contribution < -0.4 is 5.32 Å². The van der Waals surface area contributed by atoms with Crippen molar-refractivity contribution in [2.24, 2.45) is 0 Å². The number of benzene rings is 2. The minimum absolute atomic E-state index is 0.0472. The Hall–Kier alpha value is -1.81. The fraction of sp³-hybridized carbons (Fsp3) is 0.368. The van der Waals surface area contributed by atoms with Gasteiger partial charge < -0.3 is 5.32 Å². The summed E-state index contributed by atoms with van der Waals surface area (Å²) >= 11 is 0. The normalized spacial score (nSPS) is 26.1. The molecule has 3 atom stereocenters. The Bertz CT molecular complexity index is 708. The summed E-state index contributed by atoms with van der Waals surface area (Å²) in [6.45, 7) is 0. The van der Waals surface area contributed by atoms with Gasteiger partial charge in [0.2, 0.25) is 0 Å². The molecule has 4 heteroatoms. The minimum Gasteiger partial charge on any atom is -0.307 e. The van der Waals surface area contributed by atoms with Gasteiger partial charge in [0.25, 0.3) is 0 Å². The third-order valence-corrected chi connectivity index (χ3v) is 4.98. The van der Waals surface area contributed by atoms with E-state index < -0.39 is 11.7 Å². The van der Waals surface area contributed by atoms with Crippen LogP contribution in [0.2, 0.25) is 0 Å². The van der Waals surface area contributed by atoms with Crippen LogP contribution in [0.25, 0.3) is 0 Å². The molecule has 0 heterocycles. The van der Waals surface area contributed by atoms with E-state index in [9.17, 15) is 13.2 Å². The van der Waals surface area contributed by atoms with Crippen molar-refractivity contribution in [3.05, 3.63) is 70.8 Å². The lowest BCUT2D eigenvalue weighted by atomic mass is 10.0. The highest BCUT2D eigenvalue weighted by Gasteiger charge is 2.41. The quantitative estimate of drug-likeness (QED) is 0.854. The molecule has 0 amide bonds. The van der Waals surface area contributed by atoms with Gasteiger partial charge in [0.05, 0.1) is 5.56 Å². The predicted octanol–water partition coefficient (Wildman–Crippen LogP) is 4.84. The molecule has 0 bridgehead atoms. The molecule has 0 radical (unpaired) electrons. The summed E-state index contributed by atoms with van der Waals surface area (Å²) in [4.78, 5) is 0. The molecule has 2 aromatic rings. The number of alkyl halides is 3. The largest absolute Gasteiger partial charge is 0.416 e. The molecule has 0 aliphatic heterocycles. The first-order valence-electron chi connectivity index (χ1n) is 8.03. The fourth-order valence-electron chi connectivity index (χ4n) is 3.66. The highest BCUT2D eigenvalue weighted by atomic mass is 19.4. The van der Waals surface area contributed by atoms with Gasteiger partial charge in [0, 0.05) is 18.0 Å². The summed E-state index contributed by atoms with van der Waals surface area (Å²) in [7, 11) is 0. The van der Waals surface area contributed by atoms with Gasteiger partial charge in [0.15, 0.2) is 0 Å². The zero-order valence-electron chi connectivity index (χ0n) is 12.6. The van der Waals surface area contributed by atoms with Crippen LogP contribution >= 0.6 is 0 Å². The molecule has 2 aliphatic rings. The number of halogens is 3. The third kappa shape index (κ3) is 2.88. The Morgan fingerprint density at radius 1 is 1.00 bits per heavy atom. The maximum atomic E-state index is 12.9. The van der Waals surface area contributed by atoms with Crippen molar-refractivity contribution >= 4 is 0 Å². The average molecular weight is 317 g/mol. The molecule has 1 N–H and O–H groups in total. The van der Waals surface area contributed by atoms with Gasteiger partial charge in [-0.1, -0.05) is 36.4 Å². The minimum atomic E-state index is -4.27. The zero-order valence-corrected chi connectivity index (χ0v) is 12.6. The van der Waals surface area contributed by atoms with Gasteiger partial charge in [-0.15, -0.1) is 0 Å². The van der Waals surface area contributed by atoms with Crippen molar-refractivity contribution in [1.82, 2.24) is 5.32 Å². The van der Waals surface area contributed by atoms with Gasteiger partial charge >= 0.3 is 6.18 Å². The highest BCUT2D eigenvalue weighted by molar-refractivity contribution is 5.40. The summed E-state index contributed by atoms with van der Waals surface area (Å²) in [6.07, 6.45) is -1.47. The van der Waals surface area contributed by atoms with E-state index in [4.69, 9.17) is 0 Å². The van der Waals surface area contributed by atoms with Crippen LogP contribution in [0.1, 0.15) is 47.1 Å². The Morgan fingerprint density at radius 3 is 2.52 bits per heavy atom. The van der Waals surface area contributed by atoms with Crippen molar-refractivity contribution in [2.75, 3.05) is 0 Å². The SMILES string of the molecule is FC(F)(F)c1ccc2c(c1)C(N[C@@H]1C[C@H]1c1ccccc1)CC2. The van der Waals surface area contributed by atoms with Crippen molar-refractivity contribution in [3.63, 3.8) is 0 Å². The van der Waals surface area contributed by atoms with Crippen LogP contribution in [0.3, 0.4) is 0 Å². The highest BCUT2D eigenvalue weighted by Crippen LogP contribution is 2.44. The van der Waals surface area contributed by atoms with E-state index >= 15 is 0 Å². The van der Waals surface area contributed by atoms with Crippen LogP contribution in [0, 0.1) is 0 Å². The predicted molar refractivity (Wildman–Crippen MR) is 83.2 cm³/mol. The second-order valence-corrected chi connectivity index (χ2v) is 6.53. The lowest BCUT2D eigenvalue weighted by molar-refractivity contribution is -0.137. The summed E-state index contributed by atoms with van der Waals surface area (Å²) in [5.41, 5.74) is 2.65. The van der Waals surface area contributed by atoms with Crippen molar-refractivity contribution in [3.8, 4) is 0 Å². The standard InChI is InChI=1S/C19H18F3N/c20-19(21,22)14-8-6-13-7-9-17(15(13)10-14)23-18-11-16(18)12-4-2-1-3-5-12/h1-6,8,10,16-18,23H,7,9,11H2/t16-,17?,18+/m0/s1. The first-order chi connectivity index (χ1) is 11.0. The van der Waals surface area contributed by atoms with Gasteiger partial charge in [-0.05, 0) is 48.1 Å². The third-order valence-electron chi connectivity index (χ3n) is 4.98. The number of rotatable bonds is 3. The Labute approximate surface area is 133 Å². The molecule has 1 unspecified atom stereocenters. The molecule has 2 aromatic carbocycles. The topological polar surface area (TPSA) is 12.0 Å². The summed E-state index contributed by atoms with van der Waals surface area (Å²) in [5, 5.41) is 3.57. The molecule has 4 rings (SSSR count). The summed E-state index contributed by atoms with van der Waals surface area (Å²) in [6, 6.07) is 14.9. The van der Waals surface area contributed by atoms with E-state index in [0.717, 1.165) is 30.4 Å². The van der Waals surface area contributed by atoms with Crippen LogP contribution in [0.15, 0.2) is 48.5 Å². The van der Waals surface area contributed by atoms with Gasteiger partial charge in [-0.3, -0.25) is 0 Å². The zero-order chi connectivity index (χ0) is 16.0. The Kier molecular flexibility index (Phi) is 3.45. The van der Waals surface area contributed by atoms with E-state index in [1.165, 1.54) is 17.7 Å². The number of fused-ring (bicyclic) bond motifs is 1. The molecule has 2 aliphatic carbocycles. The van der Waals surface area contributed by atoms with Gasteiger partial charge in [-0.25, -0.2) is 0 Å². The van der Waals surface area contributed by atoms with Crippen LogP contribution in [-0.4, -0.2) is 6.04 Å². The molecule has 120 valence electrons. The van der Waals surface area contributed by atoms with Crippen molar-refractivity contribution in [1.29, 1.82) is 0 Å². The second-order valence-electron chi connectivity index (χ2n) is 6.53. The second kappa shape index (κ2) is 5.38. The van der Waals surface area contributed by atoms with E-state index in [-0.39, 0.29) is 6.04 Å². The smallest absolute Gasteiger partial charge is 0.307 e. The number of nitrogens with one attached hydrogen (secondary N) is 1. The molecular formula is C19H18F3N. The van der Waals surface area contributed by atoms with E-state index in [2.05, 4.69) is 17.4 Å². The van der Waals surface area contributed by atoms with Crippen LogP contribution in [0.5, 0.6) is 0 Å². The molecule has 0 spiro atoms. The van der Waals surface area contributed by atoms with Gasteiger partial charge in [-0.2, -0.15) is 13.2 Å². The maximum Gasteiger partial charge on any atom is 0.416 e. The molecule has 23 heavy (non-hydrogen) atoms. The van der Waals surface area contributed by atoms with Crippen molar-refractivity contribution < 1.29 is 13.2 Å². The molecule has 0 aromatic heterocycles. The van der Waals surface area contributed by atoms with E-state index in [1.54, 1.807) is 6.07 Å². The number of hydrogen-bond donors (Lipinski definition) is 1. The van der Waals surface area contributed by atoms with E-state index in [0.29, 0.717) is 12.0 Å². The van der Waals surface area contributed by atoms with Crippen LogP contribution in [-0.2, 0) is 12.6 Å². The number of aryl methyl sites for hydroxylation is 1. The Balaban J connectivity index is 1.49. The lowest BCUT2D eigenvalue weighted by Gasteiger charge is -2.16. The van der Waals surface area contributed by atoms with E-state index in [1.807, 2.05) is 18.2 Å².